The first kappa shape index (κ1) is 15.7. The van der Waals surface area contributed by atoms with Crippen molar-refractivity contribution in [2.75, 3.05) is 0 Å². The molecule has 0 aliphatic carbocycles. The molecule has 0 saturated heterocycles. The summed E-state index contributed by atoms with van der Waals surface area (Å²) in [6, 6.07) is 13.3. The van der Waals surface area contributed by atoms with Crippen molar-refractivity contribution in [1.82, 2.24) is 0 Å². The number of halogens is 2. The molecule has 0 heterocycles. The Morgan fingerprint density at radius 1 is 0.684 bits per heavy atom. The van der Waals surface area contributed by atoms with Crippen LogP contribution in [0.2, 0.25) is 0 Å². The Bertz CT molecular complexity index is 565. The van der Waals surface area contributed by atoms with Gasteiger partial charge < -0.3 is 0 Å². The predicted molar refractivity (Wildman–Crippen MR) is 94.7 cm³/mol. The molecule has 0 bridgehead atoms. The first-order chi connectivity index (χ1) is 8.85. The third-order valence-corrected chi connectivity index (χ3v) is 28.4. The van der Waals surface area contributed by atoms with Crippen molar-refractivity contribution in [2.24, 2.45) is 0 Å². The van der Waals surface area contributed by atoms with Crippen LogP contribution in [0.4, 0.5) is 0 Å². The van der Waals surface area contributed by atoms with E-state index in [0.717, 1.165) is 0 Å². The van der Waals surface area contributed by atoms with Gasteiger partial charge in [-0.05, 0) is 0 Å². The Morgan fingerprint density at radius 2 is 1.05 bits per heavy atom. The number of aryl methyl sites for hydroxylation is 2. The second-order valence-corrected chi connectivity index (χ2v) is 43.9. The van der Waals surface area contributed by atoms with Gasteiger partial charge in [-0.15, -0.1) is 0 Å². The van der Waals surface area contributed by atoms with Gasteiger partial charge in [0.1, 0.15) is 0 Å². The topological polar surface area (TPSA) is 0 Å². The van der Waals surface area contributed by atoms with Gasteiger partial charge in [0, 0.05) is 0 Å². The molecule has 2 rings (SSSR count). The average molecular weight is 577 g/mol. The Balaban J connectivity index is 2.65. The summed E-state index contributed by atoms with van der Waals surface area (Å²) in [5.41, 5.74) is 5.56. The second-order valence-electron chi connectivity index (χ2n) is 5.07. The fourth-order valence-electron chi connectivity index (χ4n) is 2.33. The minimum absolute atomic E-state index is 1.37. The van der Waals surface area contributed by atoms with Crippen LogP contribution in [0.15, 0.2) is 36.4 Å². The summed E-state index contributed by atoms with van der Waals surface area (Å²) in [7, 11) is 0. The first-order valence-corrected chi connectivity index (χ1v) is 27.1. The van der Waals surface area contributed by atoms with Crippen LogP contribution in [-0.4, -0.2) is 16.4 Å². The molecule has 100 valence electrons. The summed E-state index contributed by atoms with van der Waals surface area (Å²) in [6.45, 7) is 8.83. The molecule has 0 amide bonds. The third-order valence-electron chi connectivity index (χ3n) is 3.89. The van der Waals surface area contributed by atoms with Crippen LogP contribution < -0.4 is 6.25 Å². The van der Waals surface area contributed by atoms with Gasteiger partial charge in [0.05, 0.1) is 0 Å². The monoisotopic (exact) mass is 576 g/mol. The van der Waals surface area contributed by atoms with Crippen molar-refractivity contribution < 1.29 is 0 Å². The van der Waals surface area contributed by atoms with Gasteiger partial charge in [0.15, 0.2) is 0 Å². The SMILES string of the molecule is Cc1ccc[c]([Pb]([Br])([Br])[c]2cccc(C)c2C)c1C. The third kappa shape index (κ3) is 3.00. The van der Waals surface area contributed by atoms with Crippen LogP contribution in [0.25, 0.3) is 0 Å². The van der Waals surface area contributed by atoms with E-state index in [2.05, 4.69) is 88.1 Å². The predicted octanol–water partition coefficient (Wildman–Crippen LogP) is 4.27. The molecule has 0 atom stereocenters. The number of benzene rings is 2. The number of hydrogen-bond acceptors (Lipinski definition) is 0. The van der Waals surface area contributed by atoms with Gasteiger partial charge >= 0.3 is 133 Å². The summed E-state index contributed by atoms with van der Waals surface area (Å²) < 4.78 is 2.97. The van der Waals surface area contributed by atoms with E-state index in [9.17, 15) is 0 Å². The zero-order valence-corrected chi connectivity index (χ0v) is 18.8. The summed E-state index contributed by atoms with van der Waals surface area (Å²) in [5, 5.41) is 0. The Labute approximate surface area is 131 Å². The molecule has 3 heteroatoms. The van der Waals surface area contributed by atoms with Crippen LogP contribution >= 0.6 is 24.0 Å². The van der Waals surface area contributed by atoms with Crippen LogP contribution in [0.3, 0.4) is 0 Å². The van der Waals surface area contributed by atoms with E-state index in [4.69, 9.17) is 0 Å². The molecule has 0 saturated carbocycles. The van der Waals surface area contributed by atoms with E-state index in [0.29, 0.717) is 0 Å². The Hall–Kier alpha value is 0.322. The zero-order chi connectivity index (χ0) is 14.2. The summed E-state index contributed by atoms with van der Waals surface area (Å²) in [6.07, 6.45) is 0. The summed E-state index contributed by atoms with van der Waals surface area (Å²) in [5.74, 6) is 0. The quantitative estimate of drug-likeness (QED) is 0.469. The molecule has 0 spiro atoms. The molecule has 0 unspecified atom stereocenters. The molecule has 0 aromatic heterocycles. The van der Waals surface area contributed by atoms with E-state index < -0.39 is 16.4 Å². The van der Waals surface area contributed by atoms with Crippen molar-refractivity contribution in [1.29, 1.82) is 0 Å². The average Bonchev–Trinajstić information content (AvgIpc) is 2.35. The molecule has 0 radical (unpaired) electrons. The van der Waals surface area contributed by atoms with Gasteiger partial charge in [-0.25, -0.2) is 0 Å². The summed E-state index contributed by atoms with van der Waals surface area (Å²) in [4.78, 5) is 0. The normalized spacial score (nSPS) is 11.7. The van der Waals surface area contributed by atoms with Gasteiger partial charge in [0.25, 0.3) is 0 Å². The number of rotatable bonds is 2. The fourth-order valence-corrected chi connectivity index (χ4v) is 26.1. The van der Waals surface area contributed by atoms with Crippen LogP contribution in [0, 0.1) is 27.7 Å². The Morgan fingerprint density at radius 3 is 1.42 bits per heavy atom. The maximum atomic E-state index is 4.11. The van der Waals surface area contributed by atoms with Crippen molar-refractivity contribution in [2.45, 2.75) is 27.7 Å². The van der Waals surface area contributed by atoms with Crippen molar-refractivity contribution in [3.63, 3.8) is 0 Å². The van der Waals surface area contributed by atoms with Crippen molar-refractivity contribution in [3.05, 3.63) is 58.7 Å². The van der Waals surface area contributed by atoms with E-state index in [-0.39, 0.29) is 0 Å². The van der Waals surface area contributed by atoms with E-state index in [1.807, 2.05) is 0 Å². The van der Waals surface area contributed by atoms with Crippen molar-refractivity contribution >= 4 is 46.6 Å². The van der Waals surface area contributed by atoms with E-state index in [1.165, 1.54) is 28.5 Å². The van der Waals surface area contributed by atoms with Crippen LogP contribution in [0.1, 0.15) is 22.3 Å². The second kappa shape index (κ2) is 5.98. The molecule has 0 fully saturated rings. The molecule has 0 aliphatic rings. The molecule has 0 nitrogen and oxygen atoms in total. The maximum absolute atomic E-state index is 4.11. The van der Waals surface area contributed by atoms with E-state index in [1.54, 1.807) is 0 Å². The van der Waals surface area contributed by atoms with Crippen molar-refractivity contribution in [3.8, 4) is 0 Å². The molecule has 2 aromatic carbocycles. The van der Waals surface area contributed by atoms with Gasteiger partial charge in [0.2, 0.25) is 0 Å². The molecule has 19 heavy (non-hydrogen) atoms. The number of hydrogen-bond donors (Lipinski definition) is 0. The van der Waals surface area contributed by atoms with E-state index >= 15 is 0 Å². The summed E-state index contributed by atoms with van der Waals surface area (Å²) >= 11 is 5.24. The minimum atomic E-state index is -2.98. The van der Waals surface area contributed by atoms with Gasteiger partial charge in [-0.1, -0.05) is 0 Å². The van der Waals surface area contributed by atoms with Crippen LogP contribution in [0.5, 0.6) is 0 Å². The fraction of sp³-hybridized carbons (Fsp3) is 0.250. The first-order valence-electron chi connectivity index (χ1n) is 6.37. The van der Waals surface area contributed by atoms with Gasteiger partial charge in [-0.2, -0.15) is 0 Å². The molecule has 2 aromatic rings. The molecular formula is C16H18Br2Pb. The standard InChI is InChI=1S/2C8H9.2BrH.Pb/c2*1-7-5-3-4-6-8(7)2;;;/h2*3-5H,1-2H3;2*1H;/q;;;;+2/p-2. The zero-order valence-electron chi connectivity index (χ0n) is 11.7. The molecule has 0 N–H and O–H groups in total. The van der Waals surface area contributed by atoms with Gasteiger partial charge in [-0.3, -0.25) is 0 Å². The Kier molecular flexibility index (Phi) is 4.94. The van der Waals surface area contributed by atoms with Crippen LogP contribution in [-0.2, 0) is 0 Å². The molecule has 0 aliphatic heterocycles. The molecular weight excluding hydrogens is 559 g/mol.